The van der Waals surface area contributed by atoms with Crippen LogP contribution in [0.25, 0.3) is 33.1 Å². The Hall–Kier alpha value is -2.54. The Balaban J connectivity index is 1.11. The van der Waals surface area contributed by atoms with E-state index < -0.39 is 0 Å². The van der Waals surface area contributed by atoms with Crippen LogP contribution in [0.3, 0.4) is 0 Å². The molecule has 6 saturated carbocycles. The van der Waals surface area contributed by atoms with Crippen LogP contribution in [0, 0.1) is 59.2 Å². The molecular weight excluding hydrogens is 520 g/mol. The SMILES string of the molecule is c1ccc(-c2cccc3c2oc2c(C4CC5C6CCCCC6C6CCCC7C8CCCCC8C(C4)C5C67)cccc23)cc1. The summed E-state index contributed by atoms with van der Waals surface area (Å²) in [5.74, 6) is 10.9. The molecule has 1 heteroatoms. The van der Waals surface area contributed by atoms with Crippen LogP contribution in [0.15, 0.2) is 71.1 Å². The summed E-state index contributed by atoms with van der Waals surface area (Å²) in [5.41, 5.74) is 6.30. The maximum atomic E-state index is 7.04. The summed E-state index contributed by atoms with van der Waals surface area (Å²) in [5, 5.41) is 2.62. The van der Waals surface area contributed by atoms with Gasteiger partial charge < -0.3 is 4.42 Å². The van der Waals surface area contributed by atoms with E-state index in [9.17, 15) is 0 Å². The van der Waals surface area contributed by atoms with Gasteiger partial charge in [-0.1, -0.05) is 98.8 Å². The number of para-hydroxylation sites is 2. The van der Waals surface area contributed by atoms with Crippen LogP contribution in [0.4, 0.5) is 0 Å². The van der Waals surface area contributed by atoms with Crippen molar-refractivity contribution in [2.45, 2.75) is 89.4 Å². The second kappa shape index (κ2) is 9.98. The zero-order chi connectivity index (χ0) is 28.1. The predicted molar refractivity (Wildman–Crippen MR) is 177 cm³/mol. The van der Waals surface area contributed by atoms with Gasteiger partial charge >= 0.3 is 0 Å². The standard InChI is InChI=1S/C42H48O/c1-2-11-25(12-3-1)27-17-8-21-35-36-22-9-18-28(42(36)43-41(27)35)26-23-37-31-15-6-4-13-29(31)33-19-10-20-34-30-14-5-7-16-32(30)38(24-26)40(37)39(33)34/h1-3,8-9,11-12,17-18,21-22,26,29-34,37-40H,4-7,10,13-16,19-20,23-24H2. The molecule has 0 spiro atoms. The van der Waals surface area contributed by atoms with Crippen LogP contribution in [0.2, 0.25) is 0 Å². The molecule has 0 amide bonds. The molecule has 8 unspecified atom stereocenters. The Kier molecular flexibility index (Phi) is 5.98. The highest BCUT2D eigenvalue weighted by Gasteiger charge is 2.63. The van der Waals surface area contributed by atoms with Crippen molar-refractivity contribution >= 4 is 21.9 Å². The summed E-state index contributed by atoms with van der Waals surface area (Å²) in [6, 6.07) is 24.8. The average Bonchev–Trinajstić information content (AvgIpc) is 3.47. The highest BCUT2D eigenvalue weighted by atomic mass is 16.3. The summed E-state index contributed by atoms with van der Waals surface area (Å²) in [7, 11) is 0. The van der Waals surface area contributed by atoms with Gasteiger partial charge in [0.25, 0.3) is 0 Å². The zero-order valence-electron chi connectivity index (χ0n) is 25.8. The van der Waals surface area contributed by atoms with Gasteiger partial charge in [-0.15, -0.1) is 0 Å². The van der Waals surface area contributed by atoms with Gasteiger partial charge in [0.15, 0.2) is 0 Å². The Bertz CT molecular complexity index is 1600. The molecule has 3 aromatic carbocycles. The quantitative estimate of drug-likeness (QED) is 0.234. The van der Waals surface area contributed by atoms with Crippen molar-refractivity contribution in [1.29, 1.82) is 0 Å². The van der Waals surface area contributed by atoms with E-state index >= 15 is 0 Å². The topological polar surface area (TPSA) is 13.1 Å². The molecule has 0 aliphatic heterocycles. The smallest absolute Gasteiger partial charge is 0.143 e. The minimum Gasteiger partial charge on any atom is -0.455 e. The van der Waals surface area contributed by atoms with Crippen LogP contribution in [-0.4, -0.2) is 0 Å². The third-order valence-electron chi connectivity index (χ3n) is 14.6. The molecule has 4 aromatic rings. The van der Waals surface area contributed by atoms with Gasteiger partial charge in [0, 0.05) is 16.3 Å². The molecule has 6 aliphatic rings. The molecule has 10 rings (SSSR count). The molecule has 43 heavy (non-hydrogen) atoms. The first-order valence-electron chi connectivity index (χ1n) is 18.3. The Labute approximate surface area is 257 Å². The number of benzene rings is 3. The van der Waals surface area contributed by atoms with Crippen LogP contribution in [0.1, 0.15) is 95.0 Å². The molecule has 0 saturated heterocycles. The van der Waals surface area contributed by atoms with Crippen molar-refractivity contribution in [3.63, 3.8) is 0 Å². The molecule has 8 atom stereocenters. The first-order chi connectivity index (χ1) is 21.3. The van der Waals surface area contributed by atoms with Crippen molar-refractivity contribution in [2.75, 3.05) is 0 Å². The van der Waals surface area contributed by atoms with Crippen molar-refractivity contribution in [2.24, 2.45) is 59.2 Å². The number of fused-ring (bicyclic) bond motifs is 9. The number of furan rings is 1. The van der Waals surface area contributed by atoms with Crippen molar-refractivity contribution in [1.82, 2.24) is 0 Å². The molecule has 1 aromatic heterocycles. The van der Waals surface area contributed by atoms with Crippen LogP contribution < -0.4 is 0 Å². The Morgan fingerprint density at radius 2 is 0.977 bits per heavy atom. The molecule has 1 heterocycles. The third kappa shape index (κ3) is 3.75. The highest BCUT2D eigenvalue weighted by Crippen LogP contribution is 2.70. The lowest BCUT2D eigenvalue weighted by Gasteiger charge is -2.68. The monoisotopic (exact) mass is 568 g/mol. The molecule has 222 valence electrons. The lowest BCUT2D eigenvalue weighted by atomic mass is 9.37. The zero-order valence-corrected chi connectivity index (χ0v) is 25.8. The second-order valence-electron chi connectivity index (χ2n) is 16.0. The fourth-order valence-electron chi connectivity index (χ4n) is 13.5. The fraction of sp³-hybridized carbons (Fsp3) is 0.571. The molecule has 6 aliphatic carbocycles. The van der Waals surface area contributed by atoms with Gasteiger partial charge in [-0.3, -0.25) is 0 Å². The second-order valence-corrected chi connectivity index (χ2v) is 16.0. The van der Waals surface area contributed by atoms with E-state index in [4.69, 9.17) is 4.42 Å². The average molecular weight is 569 g/mol. The lowest BCUT2D eigenvalue weighted by molar-refractivity contribution is -0.189. The summed E-state index contributed by atoms with van der Waals surface area (Å²) < 4.78 is 7.04. The largest absolute Gasteiger partial charge is 0.455 e. The van der Waals surface area contributed by atoms with E-state index in [1.807, 2.05) is 0 Å². The van der Waals surface area contributed by atoms with Crippen LogP contribution in [0.5, 0.6) is 0 Å². The highest BCUT2D eigenvalue weighted by molar-refractivity contribution is 6.10. The molecule has 6 fully saturated rings. The van der Waals surface area contributed by atoms with Crippen LogP contribution in [-0.2, 0) is 0 Å². The van der Waals surface area contributed by atoms with Crippen LogP contribution >= 0.6 is 0 Å². The number of rotatable bonds is 2. The predicted octanol–water partition coefficient (Wildman–Crippen LogP) is 11.7. The Morgan fingerprint density at radius 3 is 1.63 bits per heavy atom. The van der Waals surface area contributed by atoms with Gasteiger partial charge in [-0.05, 0) is 128 Å². The first kappa shape index (κ1) is 25.8. The molecule has 0 bridgehead atoms. The molecule has 1 nitrogen and oxygen atoms in total. The van der Waals surface area contributed by atoms with E-state index in [0.717, 1.165) is 64.8 Å². The lowest BCUT2D eigenvalue weighted by Crippen LogP contribution is -2.61. The number of hydrogen-bond acceptors (Lipinski definition) is 1. The third-order valence-corrected chi connectivity index (χ3v) is 14.6. The summed E-state index contributed by atoms with van der Waals surface area (Å²) in [4.78, 5) is 0. The van der Waals surface area contributed by atoms with Gasteiger partial charge in [-0.25, -0.2) is 0 Å². The maximum absolute atomic E-state index is 7.04. The van der Waals surface area contributed by atoms with Gasteiger partial charge in [0.1, 0.15) is 11.2 Å². The molecule has 0 N–H and O–H groups in total. The van der Waals surface area contributed by atoms with Crippen molar-refractivity contribution in [3.05, 3.63) is 72.3 Å². The van der Waals surface area contributed by atoms with Gasteiger partial charge in [0.05, 0.1) is 0 Å². The summed E-state index contributed by atoms with van der Waals surface area (Å²) in [6.45, 7) is 0. The van der Waals surface area contributed by atoms with E-state index in [1.165, 1.54) is 78.8 Å². The van der Waals surface area contributed by atoms with E-state index in [0.29, 0.717) is 5.92 Å². The first-order valence-corrected chi connectivity index (χ1v) is 18.3. The summed E-state index contributed by atoms with van der Waals surface area (Å²) in [6.07, 6.45) is 19.7. The van der Waals surface area contributed by atoms with Crippen molar-refractivity contribution < 1.29 is 4.42 Å². The van der Waals surface area contributed by atoms with E-state index in [1.54, 1.807) is 37.7 Å². The van der Waals surface area contributed by atoms with Gasteiger partial charge in [-0.2, -0.15) is 0 Å². The number of hydrogen-bond donors (Lipinski definition) is 0. The normalized spacial score (nSPS) is 40.0. The minimum atomic E-state index is 0.650. The fourth-order valence-corrected chi connectivity index (χ4v) is 13.5. The Morgan fingerprint density at radius 1 is 0.442 bits per heavy atom. The van der Waals surface area contributed by atoms with E-state index in [2.05, 4.69) is 66.7 Å². The van der Waals surface area contributed by atoms with Crippen molar-refractivity contribution in [3.8, 4) is 11.1 Å². The molecule has 0 radical (unpaired) electrons. The van der Waals surface area contributed by atoms with Gasteiger partial charge in [0.2, 0.25) is 0 Å². The van der Waals surface area contributed by atoms with E-state index in [-0.39, 0.29) is 0 Å². The molecular formula is C42H48O. The maximum Gasteiger partial charge on any atom is 0.143 e. The summed E-state index contributed by atoms with van der Waals surface area (Å²) >= 11 is 0. The minimum absolute atomic E-state index is 0.650.